The Morgan fingerprint density at radius 1 is 1.09 bits per heavy atom. The van der Waals surface area contributed by atoms with E-state index < -0.39 is 28.5 Å². The summed E-state index contributed by atoms with van der Waals surface area (Å²) in [5.41, 5.74) is 1.64. The lowest BCUT2D eigenvalue weighted by molar-refractivity contribution is -0.139. The summed E-state index contributed by atoms with van der Waals surface area (Å²) in [6.45, 7) is 3.02. The van der Waals surface area contributed by atoms with Crippen LogP contribution in [0.5, 0.6) is 0 Å². The molecule has 0 heterocycles. The first-order valence-electron chi connectivity index (χ1n) is 11.5. The molecule has 2 aromatic carbocycles. The summed E-state index contributed by atoms with van der Waals surface area (Å²) in [5.74, 6) is -0.761. The van der Waals surface area contributed by atoms with Crippen LogP contribution in [0.4, 0.5) is 5.69 Å². The molecule has 0 spiro atoms. The van der Waals surface area contributed by atoms with E-state index in [1.54, 1.807) is 56.3 Å². The van der Waals surface area contributed by atoms with Gasteiger partial charge in [0.15, 0.2) is 0 Å². The number of benzene rings is 2. The predicted molar refractivity (Wildman–Crippen MR) is 140 cm³/mol. The standard InChI is InChI=1S/C25H31Cl2N3O4S/c1-17-22(27)9-6-10-23(17)30(35(3,33)34)16-24(31)29(15-19-11-13-20(26)14-12-19)18(2)25(32)28-21-7-4-5-8-21/h6,9-14,18,21H,4-5,7-8,15-16H2,1-3H3,(H,28,32)/t18-/m1/s1. The number of halogens is 2. The van der Waals surface area contributed by atoms with Crippen molar-refractivity contribution in [1.82, 2.24) is 10.2 Å². The van der Waals surface area contributed by atoms with Crippen molar-refractivity contribution in [3.63, 3.8) is 0 Å². The van der Waals surface area contributed by atoms with Crippen molar-refractivity contribution in [3.05, 3.63) is 63.6 Å². The fraction of sp³-hybridized carbons (Fsp3) is 0.440. The monoisotopic (exact) mass is 539 g/mol. The molecule has 0 aromatic heterocycles. The fourth-order valence-electron chi connectivity index (χ4n) is 4.22. The van der Waals surface area contributed by atoms with Crippen molar-refractivity contribution >= 4 is 50.7 Å². The summed E-state index contributed by atoms with van der Waals surface area (Å²) in [6, 6.07) is 11.2. The summed E-state index contributed by atoms with van der Waals surface area (Å²) >= 11 is 12.2. The molecule has 2 amide bonds. The molecule has 3 rings (SSSR count). The van der Waals surface area contributed by atoms with E-state index in [0.717, 1.165) is 41.8 Å². The maximum atomic E-state index is 13.6. The van der Waals surface area contributed by atoms with Gasteiger partial charge in [-0.3, -0.25) is 13.9 Å². The molecule has 10 heteroatoms. The predicted octanol–water partition coefficient (Wildman–Crippen LogP) is 4.54. The van der Waals surface area contributed by atoms with Gasteiger partial charge in [-0.1, -0.05) is 54.2 Å². The Morgan fingerprint density at radius 2 is 1.71 bits per heavy atom. The number of carbonyl (C=O) groups excluding carboxylic acids is 2. The smallest absolute Gasteiger partial charge is 0.244 e. The van der Waals surface area contributed by atoms with Gasteiger partial charge >= 0.3 is 0 Å². The lowest BCUT2D eigenvalue weighted by Crippen LogP contribution is -2.52. The van der Waals surface area contributed by atoms with Crippen LogP contribution in [0.1, 0.15) is 43.7 Å². The Labute approximate surface area is 217 Å². The normalized spacial score (nSPS) is 15.0. The zero-order valence-corrected chi connectivity index (χ0v) is 22.5. The minimum Gasteiger partial charge on any atom is -0.352 e. The Kier molecular flexibility index (Phi) is 9.07. The van der Waals surface area contributed by atoms with Crippen molar-refractivity contribution < 1.29 is 18.0 Å². The van der Waals surface area contributed by atoms with E-state index in [1.807, 2.05) is 0 Å². The minimum atomic E-state index is -3.82. The highest BCUT2D eigenvalue weighted by Gasteiger charge is 2.31. The minimum absolute atomic E-state index is 0.0964. The van der Waals surface area contributed by atoms with Crippen molar-refractivity contribution in [2.24, 2.45) is 0 Å². The molecule has 7 nitrogen and oxygen atoms in total. The topological polar surface area (TPSA) is 86.8 Å². The van der Waals surface area contributed by atoms with Crippen LogP contribution < -0.4 is 9.62 Å². The Bertz CT molecular complexity index is 1170. The first-order chi connectivity index (χ1) is 16.5. The molecular formula is C25H31Cl2N3O4S. The summed E-state index contributed by atoms with van der Waals surface area (Å²) in [5, 5.41) is 3.99. The average Bonchev–Trinajstić information content (AvgIpc) is 3.31. The molecule has 190 valence electrons. The number of sulfonamides is 1. The van der Waals surface area contributed by atoms with Crippen LogP contribution in [0.3, 0.4) is 0 Å². The van der Waals surface area contributed by atoms with Crippen molar-refractivity contribution in [3.8, 4) is 0 Å². The van der Waals surface area contributed by atoms with E-state index in [9.17, 15) is 18.0 Å². The van der Waals surface area contributed by atoms with Gasteiger partial charge in [0.05, 0.1) is 11.9 Å². The summed E-state index contributed by atoms with van der Waals surface area (Å²) in [4.78, 5) is 28.1. The van der Waals surface area contributed by atoms with Crippen LogP contribution in [0, 0.1) is 6.92 Å². The highest BCUT2D eigenvalue weighted by atomic mass is 35.5. The molecule has 1 atom stereocenters. The van der Waals surface area contributed by atoms with Gasteiger partial charge in [-0.2, -0.15) is 0 Å². The molecule has 0 unspecified atom stereocenters. The Morgan fingerprint density at radius 3 is 2.31 bits per heavy atom. The Hall–Kier alpha value is -2.29. The van der Waals surface area contributed by atoms with Crippen molar-refractivity contribution in [1.29, 1.82) is 0 Å². The lowest BCUT2D eigenvalue weighted by atomic mass is 10.1. The lowest BCUT2D eigenvalue weighted by Gasteiger charge is -2.32. The molecule has 0 aliphatic heterocycles. The molecule has 0 bridgehead atoms. The molecule has 1 aliphatic carbocycles. The molecule has 35 heavy (non-hydrogen) atoms. The number of anilines is 1. The van der Waals surface area contributed by atoms with Gasteiger partial charge in [-0.25, -0.2) is 8.42 Å². The maximum Gasteiger partial charge on any atom is 0.244 e. The van der Waals surface area contributed by atoms with Gasteiger partial charge < -0.3 is 10.2 Å². The van der Waals surface area contributed by atoms with Crippen LogP contribution in [0.25, 0.3) is 0 Å². The van der Waals surface area contributed by atoms with Crippen LogP contribution in [0.2, 0.25) is 10.0 Å². The van der Waals surface area contributed by atoms with E-state index in [4.69, 9.17) is 23.2 Å². The van der Waals surface area contributed by atoms with E-state index in [1.165, 1.54) is 4.90 Å². The summed E-state index contributed by atoms with van der Waals surface area (Å²) in [6.07, 6.45) is 5.00. The molecule has 1 saturated carbocycles. The van der Waals surface area contributed by atoms with Crippen molar-refractivity contribution in [2.45, 2.75) is 58.2 Å². The molecule has 1 fully saturated rings. The molecule has 1 aliphatic rings. The summed E-state index contributed by atoms with van der Waals surface area (Å²) < 4.78 is 26.4. The zero-order valence-electron chi connectivity index (χ0n) is 20.1. The van der Waals surface area contributed by atoms with Gasteiger partial charge in [-0.05, 0) is 62.1 Å². The number of nitrogens with zero attached hydrogens (tertiary/aromatic N) is 2. The van der Waals surface area contributed by atoms with Gasteiger partial charge in [0.1, 0.15) is 12.6 Å². The van der Waals surface area contributed by atoms with Crippen LogP contribution in [0.15, 0.2) is 42.5 Å². The number of amides is 2. The number of hydrogen-bond acceptors (Lipinski definition) is 4. The van der Waals surface area contributed by atoms with Gasteiger partial charge in [0, 0.05) is 22.6 Å². The molecule has 0 radical (unpaired) electrons. The van der Waals surface area contributed by atoms with E-state index in [2.05, 4.69) is 5.32 Å². The number of hydrogen-bond donors (Lipinski definition) is 1. The molecule has 0 saturated heterocycles. The fourth-order valence-corrected chi connectivity index (χ4v) is 5.42. The number of carbonyl (C=O) groups is 2. The van der Waals surface area contributed by atoms with Crippen LogP contribution in [-0.2, 0) is 26.2 Å². The van der Waals surface area contributed by atoms with Crippen LogP contribution >= 0.6 is 23.2 Å². The highest BCUT2D eigenvalue weighted by molar-refractivity contribution is 7.92. The van der Waals surface area contributed by atoms with Gasteiger partial charge in [-0.15, -0.1) is 0 Å². The Balaban J connectivity index is 1.90. The third-order valence-electron chi connectivity index (χ3n) is 6.32. The average molecular weight is 541 g/mol. The largest absolute Gasteiger partial charge is 0.352 e. The third-order valence-corrected chi connectivity index (χ3v) is 8.11. The second-order valence-electron chi connectivity index (χ2n) is 8.97. The molecular weight excluding hydrogens is 509 g/mol. The maximum absolute atomic E-state index is 13.6. The quantitative estimate of drug-likeness (QED) is 0.506. The summed E-state index contributed by atoms with van der Waals surface area (Å²) in [7, 11) is -3.82. The number of nitrogens with one attached hydrogen (secondary N) is 1. The van der Waals surface area contributed by atoms with E-state index in [-0.39, 0.29) is 18.5 Å². The highest BCUT2D eigenvalue weighted by Crippen LogP contribution is 2.28. The second kappa shape index (κ2) is 11.6. The molecule has 2 aromatic rings. The molecule has 1 N–H and O–H groups in total. The van der Waals surface area contributed by atoms with Gasteiger partial charge in [0.25, 0.3) is 0 Å². The van der Waals surface area contributed by atoms with Gasteiger partial charge in [0.2, 0.25) is 21.8 Å². The zero-order chi connectivity index (χ0) is 25.8. The third kappa shape index (κ3) is 7.12. The van der Waals surface area contributed by atoms with Crippen molar-refractivity contribution in [2.75, 3.05) is 17.1 Å². The van der Waals surface area contributed by atoms with E-state index in [0.29, 0.717) is 21.3 Å². The second-order valence-corrected chi connectivity index (χ2v) is 11.7. The first kappa shape index (κ1) is 27.3. The van der Waals surface area contributed by atoms with E-state index >= 15 is 0 Å². The SMILES string of the molecule is Cc1c(Cl)cccc1N(CC(=O)N(Cc1ccc(Cl)cc1)[C@H](C)C(=O)NC1CCCC1)S(C)(=O)=O. The van der Waals surface area contributed by atoms with Crippen LogP contribution in [-0.4, -0.2) is 50.0 Å². The number of rotatable bonds is 9. The first-order valence-corrected chi connectivity index (χ1v) is 14.1.